The first-order valence-electron chi connectivity index (χ1n) is 5.14. The molecule has 1 heterocycles. The van der Waals surface area contributed by atoms with E-state index in [1.54, 1.807) is 6.20 Å². The Labute approximate surface area is 86.8 Å². The highest BCUT2D eigenvalue weighted by Crippen LogP contribution is 2.25. The smallest absolute Gasteiger partial charge is 0.0526 e. The van der Waals surface area contributed by atoms with Gasteiger partial charge in [0.25, 0.3) is 0 Å². The molecule has 1 aromatic rings. The van der Waals surface area contributed by atoms with E-state index in [0.29, 0.717) is 11.3 Å². The molecule has 0 aliphatic heterocycles. The normalized spacial score (nSPS) is 13.7. The number of rotatable bonds is 3. The van der Waals surface area contributed by atoms with Gasteiger partial charge in [-0.15, -0.1) is 0 Å². The zero-order chi connectivity index (χ0) is 10.6. The van der Waals surface area contributed by atoms with Gasteiger partial charge in [-0.1, -0.05) is 27.7 Å². The molecule has 1 atom stereocenters. The molecule has 0 amide bonds. The summed E-state index contributed by atoms with van der Waals surface area (Å²) in [6, 6.07) is 3.99. The van der Waals surface area contributed by atoms with E-state index < -0.39 is 0 Å². The van der Waals surface area contributed by atoms with Gasteiger partial charge in [0, 0.05) is 18.9 Å². The largest absolute Gasteiger partial charge is 0.384 e. The first-order chi connectivity index (χ1) is 6.50. The number of hydrogen-bond acceptors (Lipinski definition) is 2. The van der Waals surface area contributed by atoms with E-state index in [2.05, 4.69) is 38.0 Å². The monoisotopic (exact) mass is 192 g/mol. The zero-order valence-corrected chi connectivity index (χ0v) is 9.54. The van der Waals surface area contributed by atoms with E-state index in [1.165, 1.54) is 0 Å². The molecular weight excluding hydrogens is 172 g/mol. The zero-order valence-electron chi connectivity index (χ0n) is 9.54. The van der Waals surface area contributed by atoms with Crippen LogP contribution in [0.25, 0.3) is 0 Å². The molecule has 14 heavy (non-hydrogen) atoms. The van der Waals surface area contributed by atoms with Gasteiger partial charge in [0.2, 0.25) is 0 Å². The molecule has 1 rings (SSSR count). The van der Waals surface area contributed by atoms with Crippen LogP contribution >= 0.6 is 0 Å². The Bertz CT molecular complexity index is 261. The summed E-state index contributed by atoms with van der Waals surface area (Å²) in [7, 11) is 0. The molecule has 0 aliphatic carbocycles. The van der Waals surface area contributed by atoms with Crippen LogP contribution in [0.15, 0.2) is 24.5 Å². The minimum Gasteiger partial charge on any atom is -0.384 e. The second-order valence-electron chi connectivity index (χ2n) is 4.89. The first-order valence-corrected chi connectivity index (χ1v) is 5.14. The topological polar surface area (TPSA) is 24.9 Å². The van der Waals surface area contributed by atoms with Crippen molar-refractivity contribution in [1.29, 1.82) is 0 Å². The molecule has 0 bridgehead atoms. The third-order valence-corrected chi connectivity index (χ3v) is 2.75. The van der Waals surface area contributed by atoms with Crippen LogP contribution in [0.1, 0.15) is 27.7 Å². The Morgan fingerprint density at radius 1 is 1.43 bits per heavy atom. The third kappa shape index (κ3) is 3.36. The number of hydrogen-bond donors (Lipinski definition) is 1. The molecular formula is C12H20N2. The number of anilines is 1. The fourth-order valence-corrected chi connectivity index (χ4v) is 1.04. The van der Waals surface area contributed by atoms with Crippen molar-refractivity contribution in [3.8, 4) is 0 Å². The van der Waals surface area contributed by atoms with E-state index in [4.69, 9.17) is 0 Å². The van der Waals surface area contributed by atoms with Crippen molar-refractivity contribution < 1.29 is 0 Å². The molecule has 0 fully saturated rings. The van der Waals surface area contributed by atoms with Crippen molar-refractivity contribution in [3.63, 3.8) is 0 Å². The quantitative estimate of drug-likeness (QED) is 0.795. The van der Waals surface area contributed by atoms with Crippen LogP contribution in [0.2, 0.25) is 0 Å². The number of nitrogens with zero attached hydrogens (tertiary/aromatic N) is 1. The number of aromatic nitrogens is 1. The first kappa shape index (κ1) is 11.0. The van der Waals surface area contributed by atoms with Gasteiger partial charge in [0.1, 0.15) is 0 Å². The second-order valence-corrected chi connectivity index (χ2v) is 4.89. The Balaban J connectivity index is 2.42. The highest BCUT2D eigenvalue weighted by atomic mass is 14.9. The van der Waals surface area contributed by atoms with Gasteiger partial charge >= 0.3 is 0 Å². The van der Waals surface area contributed by atoms with Crippen molar-refractivity contribution in [2.45, 2.75) is 27.7 Å². The van der Waals surface area contributed by atoms with Gasteiger partial charge in [0.15, 0.2) is 0 Å². The maximum atomic E-state index is 4.06. The Morgan fingerprint density at radius 3 is 2.64 bits per heavy atom. The molecule has 0 aliphatic rings. The van der Waals surface area contributed by atoms with E-state index in [9.17, 15) is 0 Å². The Hall–Kier alpha value is -1.05. The van der Waals surface area contributed by atoms with E-state index >= 15 is 0 Å². The molecule has 1 aromatic heterocycles. The Kier molecular flexibility index (Phi) is 3.50. The van der Waals surface area contributed by atoms with E-state index in [0.717, 1.165) is 12.2 Å². The van der Waals surface area contributed by atoms with Crippen LogP contribution in [0.4, 0.5) is 5.69 Å². The summed E-state index contributed by atoms with van der Waals surface area (Å²) in [6.07, 6.45) is 3.65. The van der Waals surface area contributed by atoms with Gasteiger partial charge in [-0.05, 0) is 23.5 Å². The standard InChI is InChI=1S/C12H20N2/c1-10(12(2,3)4)8-14-11-6-5-7-13-9-11/h5-7,9-10,14H,8H2,1-4H3. The summed E-state index contributed by atoms with van der Waals surface area (Å²) >= 11 is 0. The molecule has 0 radical (unpaired) electrons. The van der Waals surface area contributed by atoms with Crippen molar-refractivity contribution in [3.05, 3.63) is 24.5 Å². The van der Waals surface area contributed by atoms with Crippen molar-refractivity contribution in [2.24, 2.45) is 11.3 Å². The van der Waals surface area contributed by atoms with Crippen molar-refractivity contribution in [2.75, 3.05) is 11.9 Å². The number of nitrogens with one attached hydrogen (secondary N) is 1. The lowest BCUT2D eigenvalue weighted by molar-refractivity contribution is 0.274. The summed E-state index contributed by atoms with van der Waals surface area (Å²) in [4.78, 5) is 4.06. The molecule has 0 saturated carbocycles. The van der Waals surface area contributed by atoms with Crippen LogP contribution in [0.3, 0.4) is 0 Å². The fraction of sp³-hybridized carbons (Fsp3) is 0.583. The summed E-state index contributed by atoms with van der Waals surface area (Å²) < 4.78 is 0. The maximum Gasteiger partial charge on any atom is 0.0526 e. The molecule has 1 N–H and O–H groups in total. The third-order valence-electron chi connectivity index (χ3n) is 2.75. The lowest BCUT2D eigenvalue weighted by Crippen LogP contribution is -2.24. The van der Waals surface area contributed by atoms with Crippen LogP contribution in [-0.4, -0.2) is 11.5 Å². The minimum atomic E-state index is 0.356. The Morgan fingerprint density at radius 2 is 2.14 bits per heavy atom. The van der Waals surface area contributed by atoms with E-state index in [-0.39, 0.29) is 0 Å². The SMILES string of the molecule is CC(CNc1cccnc1)C(C)(C)C. The summed E-state index contributed by atoms with van der Waals surface area (Å²) in [6.45, 7) is 10.1. The van der Waals surface area contributed by atoms with Gasteiger partial charge in [-0.2, -0.15) is 0 Å². The lowest BCUT2D eigenvalue weighted by Gasteiger charge is -2.27. The predicted octanol–water partition coefficient (Wildman–Crippen LogP) is 3.18. The average molecular weight is 192 g/mol. The summed E-state index contributed by atoms with van der Waals surface area (Å²) in [5, 5.41) is 3.39. The van der Waals surface area contributed by atoms with Crippen LogP contribution in [-0.2, 0) is 0 Å². The summed E-state index contributed by atoms with van der Waals surface area (Å²) in [5.74, 6) is 0.641. The summed E-state index contributed by atoms with van der Waals surface area (Å²) in [5.41, 5.74) is 1.46. The average Bonchev–Trinajstić information content (AvgIpc) is 2.14. The van der Waals surface area contributed by atoms with Crippen LogP contribution in [0, 0.1) is 11.3 Å². The van der Waals surface area contributed by atoms with E-state index in [1.807, 2.05) is 18.3 Å². The molecule has 2 nitrogen and oxygen atoms in total. The molecule has 78 valence electrons. The second kappa shape index (κ2) is 4.45. The van der Waals surface area contributed by atoms with Gasteiger partial charge in [-0.3, -0.25) is 4.98 Å². The van der Waals surface area contributed by atoms with Crippen molar-refractivity contribution >= 4 is 5.69 Å². The molecule has 0 spiro atoms. The molecule has 1 unspecified atom stereocenters. The highest BCUT2D eigenvalue weighted by Gasteiger charge is 2.19. The molecule has 0 saturated heterocycles. The number of pyridine rings is 1. The minimum absolute atomic E-state index is 0.356. The van der Waals surface area contributed by atoms with Gasteiger partial charge < -0.3 is 5.32 Å². The molecule has 2 heteroatoms. The van der Waals surface area contributed by atoms with Crippen molar-refractivity contribution in [1.82, 2.24) is 4.98 Å². The molecule has 0 aromatic carbocycles. The highest BCUT2D eigenvalue weighted by molar-refractivity contribution is 5.39. The fourth-order valence-electron chi connectivity index (χ4n) is 1.04. The van der Waals surface area contributed by atoms with Gasteiger partial charge in [-0.25, -0.2) is 0 Å². The van der Waals surface area contributed by atoms with Crippen LogP contribution in [0.5, 0.6) is 0 Å². The maximum absolute atomic E-state index is 4.06. The van der Waals surface area contributed by atoms with Gasteiger partial charge in [0.05, 0.1) is 5.69 Å². The predicted molar refractivity (Wildman–Crippen MR) is 61.3 cm³/mol. The lowest BCUT2D eigenvalue weighted by atomic mass is 9.82. The van der Waals surface area contributed by atoms with Crippen LogP contribution < -0.4 is 5.32 Å².